The van der Waals surface area contributed by atoms with Crippen molar-refractivity contribution in [2.75, 3.05) is 6.54 Å². The van der Waals surface area contributed by atoms with Crippen molar-refractivity contribution in [1.82, 2.24) is 5.32 Å². The third kappa shape index (κ3) is 11.2. The zero-order chi connectivity index (χ0) is 38.1. The third-order valence-electron chi connectivity index (χ3n) is 8.75. The molecule has 51 heavy (non-hydrogen) atoms. The predicted molar refractivity (Wildman–Crippen MR) is 220 cm³/mol. The monoisotopic (exact) mass is 714 g/mol. The van der Waals surface area contributed by atoms with Gasteiger partial charge in [0, 0.05) is 28.7 Å². The molecule has 5 nitrogen and oxygen atoms in total. The lowest BCUT2D eigenvalue weighted by atomic mass is 9.81. The number of nitrogens with one attached hydrogen (secondary N) is 1. The second kappa shape index (κ2) is 18.2. The van der Waals surface area contributed by atoms with E-state index >= 15 is 0 Å². The van der Waals surface area contributed by atoms with Gasteiger partial charge in [0.25, 0.3) is 5.75 Å². The van der Waals surface area contributed by atoms with Crippen LogP contribution < -0.4 is 14.8 Å². The van der Waals surface area contributed by atoms with Crippen LogP contribution in [0.15, 0.2) is 87.3 Å². The summed E-state index contributed by atoms with van der Waals surface area (Å²) in [6.07, 6.45) is 12.2. The Morgan fingerprint density at radius 2 is 1.53 bits per heavy atom. The van der Waals surface area contributed by atoms with E-state index in [9.17, 15) is 4.79 Å². The average molecular weight is 715 g/mol. The number of carbonyl (C=O) groups is 1. The molecule has 4 rings (SSSR count). The fourth-order valence-electron chi connectivity index (χ4n) is 5.36. The van der Waals surface area contributed by atoms with Gasteiger partial charge in [0.05, 0.1) is 23.5 Å². The number of rotatable bonds is 13. The molecule has 0 bridgehead atoms. The number of ether oxygens (including phenoxy) is 2. The molecule has 1 aliphatic carbocycles. The Kier molecular flexibility index (Phi) is 14.9. The fraction of sp³-hybridized carbons (Fsp3) is 0.489. The van der Waals surface area contributed by atoms with Gasteiger partial charge in [-0.15, -0.1) is 0 Å². The summed E-state index contributed by atoms with van der Waals surface area (Å²) in [5.41, 5.74) is 5.89. The van der Waals surface area contributed by atoms with Gasteiger partial charge in [0.2, 0.25) is 0 Å². The Bertz CT molecular complexity index is 1690. The molecule has 0 saturated heterocycles. The highest BCUT2D eigenvalue weighted by Crippen LogP contribution is 2.49. The topological polar surface area (TPSA) is 70.5 Å². The van der Waals surface area contributed by atoms with E-state index in [4.69, 9.17) is 14.6 Å². The molecule has 0 amide bonds. The number of carbonyl (C=O) groups excluding carboxylic acids is 1. The first-order valence-electron chi connectivity index (χ1n) is 18.9. The van der Waals surface area contributed by atoms with Crippen molar-refractivity contribution in [3.8, 4) is 17.2 Å². The van der Waals surface area contributed by atoms with Gasteiger partial charge in [-0.3, -0.25) is 4.79 Å². The molecule has 2 atom stereocenters. The Labute approximate surface area is 313 Å². The zero-order valence-electron chi connectivity index (χ0n) is 33.6. The molecule has 2 unspecified atom stereocenters. The maximum absolute atomic E-state index is 14.2. The summed E-state index contributed by atoms with van der Waals surface area (Å²) < 4.78 is 12.4. The molecule has 2 aromatic carbocycles. The Morgan fingerprint density at radius 3 is 2.10 bits per heavy atom. The first-order chi connectivity index (χ1) is 24.0. The van der Waals surface area contributed by atoms with Gasteiger partial charge in [0.15, 0.2) is 5.78 Å². The molecule has 2 aromatic rings. The Hall–Kier alpha value is -3.64. The standard InChI is InChI=1S/C43H57NO4S.C2H6/c1-12-21-44-40-35(22-29(19-20-42(6,7)8)33-25-31(15-17-37(33)45)47-27(4)13-2)41(46)36(40)23-30-24-39(43(9,10)11)49-38-18-16-32(26-34(30)38)48-28(5)14-3;1-2/h15-19,22-28,44-45H,12-14,20-21H2,1-11H3;1-2H3/p+1/b29-19-,30-23+,35-22-;. The lowest BCUT2D eigenvalue weighted by Gasteiger charge is -2.30. The van der Waals surface area contributed by atoms with E-state index in [1.54, 1.807) is 17.8 Å². The highest BCUT2D eigenvalue weighted by molar-refractivity contribution is 8.03. The molecule has 0 aromatic heterocycles. The van der Waals surface area contributed by atoms with Crippen molar-refractivity contribution >= 4 is 28.7 Å². The van der Waals surface area contributed by atoms with E-state index in [1.165, 1.54) is 4.91 Å². The molecule has 278 valence electrons. The van der Waals surface area contributed by atoms with Crippen LogP contribution in [0.25, 0.3) is 11.1 Å². The van der Waals surface area contributed by atoms with E-state index in [2.05, 4.69) is 118 Å². The first-order valence-corrected chi connectivity index (χ1v) is 19.8. The number of Topliss-reactive ketones (excluding diaryl/α,β-unsaturated/α-hetero) is 1. The predicted octanol–water partition coefficient (Wildman–Crippen LogP) is 12.2. The molecule has 3 N–H and O–H groups in total. The zero-order valence-corrected chi connectivity index (χ0v) is 34.4. The molecule has 0 spiro atoms. The SMILES string of the molecule is CC.CCCNC1=C(/C=C2\C=C(C(C)(C)C)Sc3ccc(OC(C)CC)cc32)C(=O)/C1=C\C(=C\CC(C)(C)C)c1cc(OC(C)CC)ccc1[OH2+]. The molecular weight excluding hydrogens is 651 g/mol. The van der Waals surface area contributed by atoms with E-state index in [0.717, 1.165) is 76.6 Å². The summed E-state index contributed by atoms with van der Waals surface area (Å²) in [6.45, 7) is 28.5. The summed E-state index contributed by atoms with van der Waals surface area (Å²) >= 11 is 1.79. The summed E-state index contributed by atoms with van der Waals surface area (Å²) in [5, 5.41) is 12.4. The number of hydrogen-bond acceptors (Lipinski definition) is 5. The average Bonchev–Trinajstić information content (AvgIpc) is 3.09. The minimum atomic E-state index is -0.0480. The molecule has 0 fully saturated rings. The maximum atomic E-state index is 14.2. The van der Waals surface area contributed by atoms with Crippen LogP contribution in [0.2, 0.25) is 0 Å². The summed E-state index contributed by atoms with van der Waals surface area (Å²) in [4.78, 5) is 16.6. The molecule has 0 radical (unpaired) electrons. The summed E-state index contributed by atoms with van der Waals surface area (Å²) in [7, 11) is 0. The second-order valence-corrected chi connectivity index (χ2v) is 16.6. The lowest BCUT2D eigenvalue weighted by Crippen LogP contribution is -2.31. The van der Waals surface area contributed by atoms with E-state index < -0.39 is 0 Å². The van der Waals surface area contributed by atoms with Crippen molar-refractivity contribution in [3.05, 3.63) is 93.6 Å². The smallest absolute Gasteiger partial charge is 0.262 e. The van der Waals surface area contributed by atoms with Gasteiger partial charge in [-0.1, -0.05) is 94.0 Å². The molecule has 0 saturated carbocycles. The number of hydrogen-bond donors (Lipinski definition) is 1. The molecule has 6 heteroatoms. The van der Waals surface area contributed by atoms with Crippen LogP contribution in [0, 0.1) is 10.8 Å². The normalized spacial score (nSPS) is 17.6. The van der Waals surface area contributed by atoms with Gasteiger partial charge in [-0.2, -0.15) is 0 Å². The van der Waals surface area contributed by atoms with E-state index in [1.807, 2.05) is 32.1 Å². The second-order valence-electron chi connectivity index (χ2n) is 15.5. The molecule has 1 heterocycles. The van der Waals surface area contributed by atoms with Gasteiger partial charge in [-0.05, 0) is 121 Å². The fourth-order valence-corrected chi connectivity index (χ4v) is 6.52. The number of thioether (sulfide) groups is 1. The van der Waals surface area contributed by atoms with Crippen LogP contribution in [0.1, 0.15) is 127 Å². The maximum Gasteiger partial charge on any atom is 0.262 e. The van der Waals surface area contributed by atoms with Gasteiger partial charge in [0.1, 0.15) is 11.5 Å². The van der Waals surface area contributed by atoms with Crippen molar-refractivity contribution in [2.24, 2.45) is 10.8 Å². The summed E-state index contributed by atoms with van der Waals surface area (Å²) in [5.74, 6) is 1.98. The lowest BCUT2D eigenvalue weighted by molar-refractivity contribution is -0.113. The van der Waals surface area contributed by atoms with Crippen LogP contribution in [0.3, 0.4) is 0 Å². The number of allylic oxidation sites excluding steroid dienone is 9. The number of benzene rings is 2. The van der Waals surface area contributed by atoms with Crippen molar-refractivity contribution in [3.63, 3.8) is 0 Å². The van der Waals surface area contributed by atoms with Crippen molar-refractivity contribution in [1.29, 1.82) is 0 Å². The van der Waals surface area contributed by atoms with Gasteiger partial charge < -0.3 is 19.9 Å². The van der Waals surface area contributed by atoms with Crippen LogP contribution in [-0.4, -0.2) is 29.6 Å². The molecule has 1 aliphatic heterocycles. The minimum absolute atomic E-state index is 0.00352. The number of ketones is 1. The summed E-state index contributed by atoms with van der Waals surface area (Å²) in [6, 6.07) is 11.9. The van der Waals surface area contributed by atoms with Gasteiger partial charge in [-0.25, -0.2) is 0 Å². The number of fused-ring (bicyclic) bond motifs is 1. The van der Waals surface area contributed by atoms with Crippen molar-refractivity contribution < 1.29 is 19.4 Å². The first kappa shape index (κ1) is 41.8. The largest absolute Gasteiger partial charge is 0.593 e. The van der Waals surface area contributed by atoms with E-state index in [0.29, 0.717) is 16.9 Å². The van der Waals surface area contributed by atoms with Crippen LogP contribution >= 0.6 is 11.8 Å². The molecule has 2 aliphatic rings. The van der Waals surface area contributed by atoms with Gasteiger partial charge >= 0.3 is 0 Å². The Balaban J connectivity index is 0.00000345. The van der Waals surface area contributed by atoms with Crippen LogP contribution in [-0.2, 0) is 4.79 Å². The quantitative estimate of drug-likeness (QED) is 0.165. The van der Waals surface area contributed by atoms with Crippen molar-refractivity contribution in [2.45, 2.75) is 133 Å². The minimum Gasteiger partial charge on any atom is -0.593 e. The third-order valence-corrected chi connectivity index (χ3v) is 10.3. The van der Waals surface area contributed by atoms with Crippen LogP contribution in [0.5, 0.6) is 17.2 Å². The van der Waals surface area contributed by atoms with E-state index in [-0.39, 0.29) is 28.8 Å². The highest BCUT2D eigenvalue weighted by Gasteiger charge is 2.34. The Morgan fingerprint density at radius 1 is 0.922 bits per heavy atom. The highest BCUT2D eigenvalue weighted by atomic mass is 32.2. The van der Waals surface area contributed by atoms with Crippen LogP contribution in [0.4, 0.5) is 0 Å². The molecular formula is C45H64NO4S+.